The molecule has 0 spiro atoms. The molecule has 6 heteroatoms. The molecular formula is C17H23N5O. The van der Waals surface area contributed by atoms with Crippen molar-refractivity contribution in [3.63, 3.8) is 0 Å². The molecule has 1 aliphatic rings. The lowest BCUT2D eigenvalue weighted by Crippen LogP contribution is -2.36. The highest BCUT2D eigenvalue weighted by Gasteiger charge is 2.32. The second kappa shape index (κ2) is 6.91. The lowest BCUT2D eigenvalue weighted by atomic mass is 9.71. The first-order chi connectivity index (χ1) is 11.2. The first kappa shape index (κ1) is 15.7. The molecule has 23 heavy (non-hydrogen) atoms. The predicted octanol–water partition coefficient (Wildman–Crippen LogP) is 2.51. The Labute approximate surface area is 136 Å². The third-order valence-corrected chi connectivity index (χ3v) is 4.65. The van der Waals surface area contributed by atoms with Gasteiger partial charge < -0.3 is 11.1 Å². The molecule has 0 unspecified atom stereocenters. The number of hydrogen-bond donors (Lipinski definition) is 2. The molecule has 0 saturated heterocycles. The second-order valence-electron chi connectivity index (χ2n) is 6.35. The summed E-state index contributed by atoms with van der Waals surface area (Å²) in [6.45, 7) is 0.580. The Kier molecular flexibility index (Phi) is 4.71. The van der Waals surface area contributed by atoms with Gasteiger partial charge in [-0.2, -0.15) is 5.10 Å². The number of aromatic nitrogens is 3. The van der Waals surface area contributed by atoms with Gasteiger partial charge in [0.1, 0.15) is 0 Å². The fourth-order valence-electron chi connectivity index (χ4n) is 3.30. The van der Waals surface area contributed by atoms with E-state index in [1.165, 1.54) is 19.3 Å². The van der Waals surface area contributed by atoms with E-state index < -0.39 is 0 Å². The zero-order valence-electron chi connectivity index (χ0n) is 13.2. The minimum Gasteiger partial charge on any atom is -0.330 e. The molecule has 3 rings (SSSR count). The van der Waals surface area contributed by atoms with Crippen molar-refractivity contribution in [1.29, 1.82) is 0 Å². The number of rotatable bonds is 5. The number of nitrogens with two attached hydrogens (primary N) is 1. The van der Waals surface area contributed by atoms with Crippen molar-refractivity contribution in [2.45, 2.75) is 38.5 Å². The molecule has 2 aromatic rings. The third kappa shape index (κ3) is 3.76. The summed E-state index contributed by atoms with van der Waals surface area (Å²) < 4.78 is 1.68. The van der Waals surface area contributed by atoms with Gasteiger partial charge >= 0.3 is 0 Å². The number of amides is 1. The van der Waals surface area contributed by atoms with E-state index in [4.69, 9.17) is 5.73 Å². The lowest BCUT2D eigenvalue weighted by Gasteiger charge is -2.35. The van der Waals surface area contributed by atoms with Crippen molar-refractivity contribution in [3.8, 4) is 5.82 Å². The van der Waals surface area contributed by atoms with E-state index in [2.05, 4.69) is 15.4 Å². The van der Waals surface area contributed by atoms with Gasteiger partial charge in [0.2, 0.25) is 5.91 Å². The SMILES string of the molecule is NCC1(CC(=O)Nc2ccc(-n3cccn3)nc2)CCCCC1. The van der Waals surface area contributed by atoms with Gasteiger partial charge in [-0.1, -0.05) is 19.3 Å². The van der Waals surface area contributed by atoms with Crippen molar-refractivity contribution in [2.75, 3.05) is 11.9 Å². The monoisotopic (exact) mass is 313 g/mol. The van der Waals surface area contributed by atoms with Gasteiger partial charge in [-0.25, -0.2) is 9.67 Å². The summed E-state index contributed by atoms with van der Waals surface area (Å²) in [7, 11) is 0. The van der Waals surface area contributed by atoms with Crippen LogP contribution in [-0.2, 0) is 4.79 Å². The summed E-state index contributed by atoms with van der Waals surface area (Å²) in [4.78, 5) is 16.7. The van der Waals surface area contributed by atoms with Crippen LogP contribution in [0.5, 0.6) is 0 Å². The fraction of sp³-hybridized carbons (Fsp3) is 0.471. The first-order valence-corrected chi connectivity index (χ1v) is 8.17. The van der Waals surface area contributed by atoms with Gasteiger partial charge in [0.25, 0.3) is 0 Å². The average molecular weight is 313 g/mol. The Morgan fingerprint density at radius 1 is 1.30 bits per heavy atom. The molecule has 0 radical (unpaired) electrons. The number of hydrogen-bond acceptors (Lipinski definition) is 4. The van der Waals surface area contributed by atoms with Gasteiger partial charge in [-0.15, -0.1) is 0 Å². The first-order valence-electron chi connectivity index (χ1n) is 8.17. The molecule has 1 saturated carbocycles. The van der Waals surface area contributed by atoms with Crippen molar-refractivity contribution >= 4 is 11.6 Å². The fourth-order valence-corrected chi connectivity index (χ4v) is 3.30. The van der Waals surface area contributed by atoms with Crippen molar-refractivity contribution < 1.29 is 4.79 Å². The summed E-state index contributed by atoms with van der Waals surface area (Å²) in [6.07, 6.45) is 11.4. The van der Waals surface area contributed by atoms with Gasteiger partial charge in [-0.3, -0.25) is 4.79 Å². The Morgan fingerprint density at radius 2 is 2.13 bits per heavy atom. The standard InChI is InChI=1S/C17H23N5O/c18-13-17(7-2-1-3-8-17)11-16(23)21-14-5-6-15(19-12-14)22-10-4-9-20-22/h4-6,9-10,12H,1-3,7-8,11,13,18H2,(H,21,23). The summed E-state index contributed by atoms with van der Waals surface area (Å²) in [5.41, 5.74) is 6.63. The van der Waals surface area contributed by atoms with E-state index in [0.29, 0.717) is 18.7 Å². The predicted molar refractivity (Wildman–Crippen MR) is 89.2 cm³/mol. The quantitative estimate of drug-likeness (QED) is 0.888. The number of pyridine rings is 1. The maximum atomic E-state index is 12.3. The van der Waals surface area contributed by atoms with Crippen LogP contribution >= 0.6 is 0 Å². The molecule has 2 aromatic heterocycles. The van der Waals surface area contributed by atoms with Gasteiger partial charge in [-0.05, 0) is 43.0 Å². The molecule has 122 valence electrons. The van der Waals surface area contributed by atoms with E-state index in [1.54, 1.807) is 17.1 Å². The molecule has 0 atom stereocenters. The highest BCUT2D eigenvalue weighted by molar-refractivity contribution is 5.91. The van der Waals surface area contributed by atoms with Crippen LogP contribution in [0.2, 0.25) is 0 Å². The van der Waals surface area contributed by atoms with Crippen LogP contribution in [-0.4, -0.2) is 27.2 Å². The molecule has 1 fully saturated rings. The number of carbonyl (C=O) groups excluding carboxylic acids is 1. The van der Waals surface area contributed by atoms with Crippen LogP contribution in [0.25, 0.3) is 5.82 Å². The zero-order chi connectivity index (χ0) is 16.1. The normalized spacial score (nSPS) is 16.9. The van der Waals surface area contributed by atoms with Crippen LogP contribution in [0.1, 0.15) is 38.5 Å². The summed E-state index contributed by atoms with van der Waals surface area (Å²) >= 11 is 0. The van der Waals surface area contributed by atoms with Crippen molar-refractivity contribution in [2.24, 2.45) is 11.1 Å². The second-order valence-corrected chi connectivity index (χ2v) is 6.35. The molecule has 0 bridgehead atoms. The van der Waals surface area contributed by atoms with Gasteiger partial charge in [0, 0.05) is 18.8 Å². The van der Waals surface area contributed by atoms with E-state index >= 15 is 0 Å². The smallest absolute Gasteiger partial charge is 0.225 e. The van der Waals surface area contributed by atoms with Gasteiger partial charge in [0.15, 0.2) is 5.82 Å². The Balaban J connectivity index is 1.61. The molecule has 1 amide bonds. The Hall–Kier alpha value is -2.21. The molecule has 1 aliphatic carbocycles. The van der Waals surface area contributed by atoms with Crippen molar-refractivity contribution in [3.05, 3.63) is 36.8 Å². The molecular weight excluding hydrogens is 290 g/mol. The van der Waals surface area contributed by atoms with E-state index in [0.717, 1.165) is 18.7 Å². The Morgan fingerprint density at radius 3 is 2.74 bits per heavy atom. The minimum absolute atomic E-state index is 0.0194. The van der Waals surface area contributed by atoms with Crippen LogP contribution in [0.3, 0.4) is 0 Å². The highest BCUT2D eigenvalue weighted by atomic mass is 16.1. The van der Waals surface area contributed by atoms with Crippen LogP contribution in [0.4, 0.5) is 5.69 Å². The number of carbonyl (C=O) groups is 1. The molecule has 2 heterocycles. The van der Waals surface area contributed by atoms with Crippen LogP contribution in [0, 0.1) is 5.41 Å². The van der Waals surface area contributed by atoms with E-state index in [9.17, 15) is 4.79 Å². The van der Waals surface area contributed by atoms with E-state index in [-0.39, 0.29) is 11.3 Å². The molecule has 0 aliphatic heterocycles. The number of anilines is 1. The summed E-state index contributed by atoms with van der Waals surface area (Å²) in [5, 5.41) is 7.06. The highest BCUT2D eigenvalue weighted by Crippen LogP contribution is 2.38. The van der Waals surface area contributed by atoms with Crippen LogP contribution in [0.15, 0.2) is 36.8 Å². The van der Waals surface area contributed by atoms with E-state index in [1.807, 2.05) is 24.4 Å². The molecule has 0 aromatic carbocycles. The average Bonchev–Trinajstić information content (AvgIpc) is 3.11. The Bertz CT molecular complexity index is 630. The topological polar surface area (TPSA) is 85.8 Å². The summed E-state index contributed by atoms with van der Waals surface area (Å²) in [6, 6.07) is 5.52. The lowest BCUT2D eigenvalue weighted by molar-refractivity contribution is -0.118. The third-order valence-electron chi connectivity index (χ3n) is 4.65. The maximum absolute atomic E-state index is 12.3. The van der Waals surface area contributed by atoms with Crippen LogP contribution < -0.4 is 11.1 Å². The number of nitrogens with one attached hydrogen (secondary N) is 1. The summed E-state index contributed by atoms with van der Waals surface area (Å²) in [5.74, 6) is 0.740. The molecule has 6 nitrogen and oxygen atoms in total. The minimum atomic E-state index is -0.0231. The molecule has 3 N–H and O–H groups in total. The largest absolute Gasteiger partial charge is 0.330 e. The van der Waals surface area contributed by atoms with Crippen molar-refractivity contribution in [1.82, 2.24) is 14.8 Å². The maximum Gasteiger partial charge on any atom is 0.225 e. The number of nitrogens with zero attached hydrogens (tertiary/aromatic N) is 3. The zero-order valence-corrected chi connectivity index (χ0v) is 13.2. The van der Waals surface area contributed by atoms with Gasteiger partial charge in [0.05, 0.1) is 11.9 Å².